The van der Waals surface area contributed by atoms with Gasteiger partial charge in [-0.25, -0.2) is 4.98 Å². The Kier molecular flexibility index (Phi) is 3.54. The van der Waals surface area contributed by atoms with Crippen LogP contribution in [0.1, 0.15) is 38.4 Å². The second kappa shape index (κ2) is 4.85. The Morgan fingerprint density at radius 3 is 2.68 bits per heavy atom. The molecule has 0 aliphatic rings. The van der Waals surface area contributed by atoms with E-state index in [9.17, 15) is 4.79 Å². The van der Waals surface area contributed by atoms with Crippen LogP contribution in [0.5, 0.6) is 0 Å². The zero-order chi connectivity index (χ0) is 14.2. The average molecular weight is 280 g/mol. The molecule has 4 nitrogen and oxygen atoms in total. The summed E-state index contributed by atoms with van der Waals surface area (Å²) in [6.07, 6.45) is 0.583. The van der Waals surface area contributed by atoms with E-state index in [0.29, 0.717) is 12.2 Å². The summed E-state index contributed by atoms with van der Waals surface area (Å²) in [5.74, 6) is 0.294. The van der Waals surface area contributed by atoms with Crippen LogP contribution in [0.4, 0.5) is 0 Å². The van der Waals surface area contributed by atoms with Crippen LogP contribution in [0.25, 0.3) is 11.0 Å². The third-order valence-corrected chi connectivity index (χ3v) is 3.85. The maximum atomic E-state index is 11.9. The van der Waals surface area contributed by atoms with E-state index in [1.807, 2.05) is 49.6 Å². The Bertz CT molecular complexity index is 620. The Morgan fingerprint density at radius 2 is 2.16 bits per heavy atom. The molecular weight excluding hydrogens is 262 g/mol. The number of amides is 1. The van der Waals surface area contributed by atoms with Gasteiger partial charge in [0.05, 0.1) is 16.4 Å². The number of aromatic nitrogens is 2. The topological polar surface area (TPSA) is 60.9 Å². The molecule has 0 spiro atoms. The molecule has 0 radical (unpaired) electrons. The summed E-state index contributed by atoms with van der Waals surface area (Å²) in [5.41, 5.74) is 6.48. The van der Waals surface area contributed by atoms with Crippen molar-refractivity contribution in [1.82, 2.24) is 9.55 Å². The van der Waals surface area contributed by atoms with Gasteiger partial charge < -0.3 is 10.3 Å². The number of para-hydroxylation sites is 2. The zero-order valence-corrected chi connectivity index (χ0v) is 12.1. The van der Waals surface area contributed by atoms with Gasteiger partial charge in [0, 0.05) is 0 Å². The molecule has 0 bridgehead atoms. The molecule has 2 N–H and O–H groups in total. The molecule has 0 saturated heterocycles. The van der Waals surface area contributed by atoms with E-state index >= 15 is 0 Å². The molecule has 2 aromatic rings. The van der Waals surface area contributed by atoms with E-state index in [1.165, 1.54) is 0 Å². The van der Waals surface area contributed by atoms with Crippen LogP contribution in [0.2, 0.25) is 0 Å². The van der Waals surface area contributed by atoms with Crippen LogP contribution < -0.4 is 5.73 Å². The minimum atomic E-state index is -0.825. The molecule has 1 aromatic carbocycles. The lowest BCUT2D eigenvalue weighted by Crippen LogP contribution is -2.44. The van der Waals surface area contributed by atoms with Gasteiger partial charge in [-0.3, -0.25) is 4.79 Å². The molecular formula is C14H18ClN3O. The summed E-state index contributed by atoms with van der Waals surface area (Å²) in [4.78, 5) is 16.4. The smallest absolute Gasteiger partial charge is 0.243 e. The first-order valence-electron chi connectivity index (χ1n) is 6.33. The fourth-order valence-corrected chi connectivity index (χ4v) is 2.42. The van der Waals surface area contributed by atoms with E-state index in [2.05, 4.69) is 4.98 Å². The van der Waals surface area contributed by atoms with Crippen molar-refractivity contribution < 1.29 is 4.79 Å². The molecule has 0 fully saturated rings. The molecule has 1 heterocycles. The van der Waals surface area contributed by atoms with Gasteiger partial charge in [0.15, 0.2) is 0 Å². The molecule has 5 heteroatoms. The highest BCUT2D eigenvalue weighted by molar-refractivity contribution is 6.20. The molecule has 2 atom stereocenters. The number of rotatable bonds is 4. The fourth-order valence-electron chi connectivity index (χ4n) is 2.27. The number of hydrogen-bond donors (Lipinski definition) is 1. The van der Waals surface area contributed by atoms with Crippen molar-refractivity contribution in [1.29, 1.82) is 0 Å². The van der Waals surface area contributed by atoms with Crippen molar-refractivity contribution in [3.05, 3.63) is 30.1 Å². The Morgan fingerprint density at radius 1 is 1.53 bits per heavy atom. The Hall–Kier alpha value is -1.55. The van der Waals surface area contributed by atoms with Gasteiger partial charge in [-0.15, -0.1) is 11.6 Å². The van der Waals surface area contributed by atoms with Crippen LogP contribution in [0.15, 0.2) is 24.3 Å². The lowest BCUT2D eigenvalue weighted by atomic mass is 9.97. The summed E-state index contributed by atoms with van der Waals surface area (Å²) in [7, 11) is 0. The van der Waals surface area contributed by atoms with Crippen molar-refractivity contribution in [3.8, 4) is 0 Å². The monoisotopic (exact) mass is 279 g/mol. The number of carbonyl (C=O) groups excluding carboxylic acids is 1. The number of imidazole rings is 1. The SMILES string of the molecule is CCC(C)(C(N)=O)n1c(C(C)Cl)nc2ccccc21. The molecule has 19 heavy (non-hydrogen) atoms. The summed E-state index contributed by atoms with van der Waals surface area (Å²) in [6.45, 7) is 5.60. The molecule has 0 saturated carbocycles. The van der Waals surface area contributed by atoms with Crippen molar-refractivity contribution in [3.63, 3.8) is 0 Å². The van der Waals surface area contributed by atoms with E-state index in [4.69, 9.17) is 17.3 Å². The molecule has 0 aliphatic carbocycles. The number of nitrogens with zero attached hydrogens (tertiary/aromatic N) is 2. The first-order valence-corrected chi connectivity index (χ1v) is 6.77. The number of halogens is 1. The standard InChI is InChI=1S/C14H18ClN3O/c1-4-14(3,13(16)19)18-11-8-6-5-7-10(11)17-12(18)9(2)15/h5-9H,4H2,1-3H3,(H2,16,19). The second-order valence-corrected chi connectivity index (χ2v) is 5.56. The lowest BCUT2D eigenvalue weighted by Gasteiger charge is -2.29. The van der Waals surface area contributed by atoms with Crippen molar-refractivity contribution in [2.24, 2.45) is 5.73 Å². The normalized spacial score (nSPS) is 16.2. The van der Waals surface area contributed by atoms with Crippen LogP contribution in [0.3, 0.4) is 0 Å². The van der Waals surface area contributed by atoms with E-state index in [-0.39, 0.29) is 11.3 Å². The Balaban J connectivity index is 2.83. The third-order valence-electron chi connectivity index (χ3n) is 3.66. The minimum absolute atomic E-state index is 0.294. The number of benzene rings is 1. The third kappa shape index (κ3) is 2.10. The largest absolute Gasteiger partial charge is 0.368 e. The van der Waals surface area contributed by atoms with Gasteiger partial charge in [-0.1, -0.05) is 19.1 Å². The van der Waals surface area contributed by atoms with Crippen molar-refractivity contribution in [2.75, 3.05) is 0 Å². The number of primary amides is 1. The molecule has 1 amide bonds. The van der Waals surface area contributed by atoms with E-state index < -0.39 is 5.54 Å². The predicted molar refractivity (Wildman–Crippen MR) is 77.1 cm³/mol. The van der Waals surface area contributed by atoms with Crippen LogP contribution in [-0.4, -0.2) is 15.5 Å². The summed E-state index contributed by atoms with van der Waals surface area (Å²) < 4.78 is 1.88. The van der Waals surface area contributed by atoms with Gasteiger partial charge in [-0.2, -0.15) is 0 Å². The van der Waals surface area contributed by atoms with Gasteiger partial charge in [0.1, 0.15) is 11.4 Å². The quantitative estimate of drug-likeness (QED) is 0.875. The number of alkyl halides is 1. The number of fused-ring (bicyclic) bond motifs is 1. The highest BCUT2D eigenvalue weighted by Crippen LogP contribution is 2.32. The summed E-state index contributed by atoms with van der Waals surface area (Å²) in [5, 5.41) is -0.294. The lowest BCUT2D eigenvalue weighted by molar-refractivity contribution is -0.125. The highest BCUT2D eigenvalue weighted by atomic mass is 35.5. The molecule has 2 unspecified atom stereocenters. The average Bonchev–Trinajstić information content (AvgIpc) is 2.77. The maximum Gasteiger partial charge on any atom is 0.243 e. The highest BCUT2D eigenvalue weighted by Gasteiger charge is 2.35. The molecule has 1 aromatic heterocycles. The first kappa shape index (κ1) is 13.9. The van der Waals surface area contributed by atoms with Crippen LogP contribution in [-0.2, 0) is 10.3 Å². The maximum absolute atomic E-state index is 11.9. The van der Waals surface area contributed by atoms with Gasteiger partial charge in [0.2, 0.25) is 5.91 Å². The van der Waals surface area contributed by atoms with Gasteiger partial charge in [-0.05, 0) is 32.4 Å². The van der Waals surface area contributed by atoms with Crippen LogP contribution >= 0.6 is 11.6 Å². The number of carbonyl (C=O) groups is 1. The molecule has 2 rings (SSSR count). The summed E-state index contributed by atoms with van der Waals surface area (Å²) >= 11 is 6.21. The van der Waals surface area contributed by atoms with Crippen molar-refractivity contribution in [2.45, 2.75) is 38.1 Å². The second-order valence-electron chi connectivity index (χ2n) is 4.90. The zero-order valence-electron chi connectivity index (χ0n) is 11.4. The molecule has 0 aliphatic heterocycles. The first-order chi connectivity index (χ1) is 8.91. The number of hydrogen-bond acceptors (Lipinski definition) is 2. The van der Waals surface area contributed by atoms with Gasteiger partial charge >= 0.3 is 0 Å². The van der Waals surface area contributed by atoms with E-state index in [1.54, 1.807) is 0 Å². The van der Waals surface area contributed by atoms with E-state index in [0.717, 1.165) is 11.0 Å². The molecule has 102 valence electrons. The van der Waals surface area contributed by atoms with Crippen LogP contribution in [0, 0.1) is 0 Å². The Labute approximate surface area is 117 Å². The fraction of sp³-hybridized carbons (Fsp3) is 0.429. The van der Waals surface area contributed by atoms with Gasteiger partial charge in [0.25, 0.3) is 0 Å². The predicted octanol–water partition coefficient (Wildman–Crippen LogP) is 2.95. The van der Waals surface area contributed by atoms with Crippen molar-refractivity contribution >= 4 is 28.5 Å². The summed E-state index contributed by atoms with van der Waals surface area (Å²) in [6, 6.07) is 7.67. The number of nitrogens with two attached hydrogens (primary N) is 1. The minimum Gasteiger partial charge on any atom is -0.368 e.